The summed E-state index contributed by atoms with van der Waals surface area (Å²) in [4.78, 5) is 16.9. The summed E-state index contributed by atoms with van der Waals surface area (Å²) in [6.07, 6.45) is 4.98. The highest BCUT2D eigenvalue weighted by atomic mass is 35.5. The van der Waals surface area contributed by atoms with E-state index in [1.165, 1.54) is 5.56 Å². The minimum atomic E-state index is 0. The van der Waals surface area contributed by atoms with Gasteiger partial charge in [0.05, 0.1) is 13.1 Å². The first-order valence-electron chi connectivity index (χ1n) is 9.96. The molecule has 1 aliphatic heterocycles. The molecule has 156 valence electrons. The Morgan fingerprint density at radius 2 is 1.70 bits per heavy atom. The van der Waals surface area contributed by atoms with Crippen LogP contribution in [0.2, 0.25) is 0 Å². The predicted octanol–water partition coefficient (Wildman–Crippen LogP) is 5.13. The first-order valence-corrected chi connectivity index (χ1v) is 9.96. The number of carbonyl (C=O) groups excluding carboxylic acids is 1. The van der Waals surface area contributed by atoms with Crippen LogP contribution in [0.1, 0.15) is 38.6 Å². The third-order valence-corrected chi connectivity index (χ3v) is 5.12. The van der Waals surface area contributed by atoms with Crippen molar-refractivity contribution >= 4 is 30.5 Å². The number of halogens is 1. The first kappa shape index (κ1) is 21.9. The highest BCUT2D eigenvalue weighted by Crippen LogP contribution is 2.25. The standard InChI is InChI=1S/C25H26N2O2.ClH/c1-26(2)17-23-16-22-14-15-27(18-24(22)29-23)25(28)21-12-10-20(11-13-21)9-8-19-6-4-3-5-7-19;/h3-13,16H,14-15,17-18H2,1-2H3;1H/b9-8-;. The second-order valence-electron chi connectivity index (χ2n) is 7.74. The van der Waals surface area contributed by atoms with E-state index in [4.69, 9.17) is 4.42 Å². The van der Waals surface area contributed by atoms with Crippen LogP contribution in [0.5, 0.6) is 0 Å². The highest BCUT2D eigenvalue weighted by molar-refractivity contribution is 5.94. The fraction of sp³-hybridized carbons (Fsp3) is 0.240. The van der Waals surface area contributed by atoms with Crippen molar-refractivity contribution in [1.29, 1.82) is 0 Å². The first-order chi connectivity index (χ1) is 14.1. The SMILES string of the molecule is CN(C)Cc1cc2c(o1)CN(C(=O)c1ccc(/C=C\c3ccccc3)cc1)CC2.Cl. The van der Waals surface area contributed by atoms with Crippen molar-refractivity contribution in [1.82, 2.24) is 9.80 Å². The van der Waals surface area contributed by atoms with Crippen LogP contribution < -0.4 is 0 Å². The average Bonchev–Trinajstić information content (AvgIpc) is 3.13. The Labute approximate surface area is 184 Å². The van der Waals surface area contributed by atoms with Crippen molar-refractivity contribution < 1.29 is 9.21 Å². The predicted molar refractivity (Wildman–Crippen MR) is 124 cm³/mol. The molecule has 4 nitrogen and oxygen atoms in total. The molecule has 0 atom stereocenters. The Hall–Kier alpha value is -2.82. The van der Waals surface area contributed by atoms with E-state index in [1.54, 1.807) is 0 Å². The van der Waals surface area contributed by atoms with E-state index in [0.29, 0.717) is 12.1 Å². The summed E-state index contributed by atoms with van der Waals surface area (Å²) < 4.78 is 5.98. The zero-order valence-corrected chi connectivity index (χ0v) is 18.2. The van der Waals surface area contributed by atoms with Gasteiger partial charge in [-0.2, -0.15) is 0 Å². The number of amides is 1. The van der Waals surface area contributed by atoms with Crippen molar-refractivity contribution in [3.8, 4) is 0 Å². The zero-order chi connectivity index (χ0) is 20.2. The maximum Gasteiger partial charge on any atom is 0.254 e. The lowest BCUT2D eigenvalue weighted by Gasteiger charge is -2.26. The van der Waals surface area contributed by atoms with Crippen molar-refractivity contribution in [2.45, 2.75) is 19.5 Å². The van der Waals surface area contributed by atoms with E-state index in [-0.39, 0.29) is 18.3 Å². The maximum atomic E-state index is 12.9. The summed E-state index contributed by atoms with van der Waals surface area (Å²) in [6.45, 7) is 2.04. The minimum Gasteiger partial charge on any atom is -0.463 e. The molecular weight excluding hydrogens is 396 g/mol. The van der Waals surface area contributed by atoms with Gasteiger partial charge in [0, 0.05) is 12.1 Å². The Kier molecular flexibility index (Phi) is 7.14. The second kappa shape index (κ2) is 9.79. The van der Waals surface area contributed by atoms with Crippen LogP contribution in [-0.4, -0.2) is 36.3 Å². The maximum absolute atomic E-state index is 12.9. The highest BCUT2D eigenvalue weighted by Gasteiger charge is 2.25. The van der Waals surface area contributed by atoms with Gasteiger partial charge in [0.2, 0.25) is 0 Å². The number of hydrogen-bond acceptors (Lipinski definition) is 3. The van der Waals surface area contributed by atoms with Crippen LogP contribution in [0.25, 0.3) is 12.2 Å². The summed E-state index contributed by atoms with van der Waals surface area (Å²) in [5.74, 6) is 1.94. The molecule has 0 fully saturated rings. The minimum absolute atomic E-state index is 0. The molecule has 0 N–H and O–H groups in total. The number of carbonyl (C=O) groups is 1. The lowest BCUT2D eigenvalue weighted by atomic mass is 10.1. The van der Waals surface area contributed by atoms with Crippen LogP contribution in [0.4, 0.5) is 0 Å². The molecule has 1 aromatic heterocycles. The lowest BCUT2D eigenvalue weighted by molar-refractivity contribution is 0.0718. The van der Waals surface area contributed by atoms with Gasteiger partial charge in [0.15, 0.2) is 0 Å². The molecule has 1 aliphatic rings. The van der Waals surface area contributed by atoms with E-state index in [1.807, 2.05) is 61.5 Å². The molecular formula is C25H27ClN2O2. The zero-order valence-electron chi connectivity index (χ0n) is 17.4. The van der Waals surface area contributed by atoms with Crippen molar-refractivity contribution in [3.63, 3.8) is 0 Å². The third-order valence-electron chi connectivity index (χ3n) is 5.12. The smallest absolute Gasteiger partial charge is 0.254 e. The molecule has 0 bridgehead atoms. The Balaban J connectivity index is 0.00000256. The third kappa shape index (κ3) is 5.21. The molecule has 0 saturated carbocycles. The number of rotatable bonds is 5. The average molecular weight is 423 g/mol. The van der Waals surface area contributed by atoms with Gasteiger partial charge in [-0.25, -0.2) is 0 Å². The molecule has 5 heteroatoms. The van der Waals surface area contributed by atoms with Gasteiger partial charge >= 0.3 is 0 Å². The molecule has 0 radical (unpaired) electrons. The van der Waals surface area contributed by atoms with Gasteiger partial charge in [-0.1, -0.05) is 54.6 Å². The summed E-state index contributed by atoms with van der Waals surface area (Å²) in [5, 5.41) is 0. The van der Waals surface area contributed by atoms with Crippen molar-refractivity contribution in [3.05, 3.63) is 94.4 Å². The number of hydrogen-bond donors (Lipinski definition) is 0. The van der Waals surface area contributed by atoms with Crippen molar-refractivity contribution in [2.24, 2.45) is 0 Å². The van der Waals surface area contributed by atoms with Gasteiger partial charge in [0.25, 0.3) is 5.91 Å². The fourth-order valence-corrected chi connectivity index (χ4v) is 3.62. The normalized spacial score (nSPS) is 13.4. The van der Waals surface area contributed by atoms with Gasteiger partial charge in [0.1, 0.15) is 11.5 Å². The van der Waals surface area contributed by atoms with E-state index in [2.05, 4.69) is 35.3 Å². The number of fused-ring (bicyclic) bond motifs is 1. The largest absolute Gasteiger partial charge is 0.463 e. The summed E-state index contributed by atoms with van der Waals surface area (Å²) in [6, 6.07) is 20.1. The molecule has 0 unspecified atom stereocenters. The Bertz CT molecular complexity index is 1010. The Morgan fingerprint density at radius 1 is 1.03 bits per heavy atom. The lowest BCUT2D eigenvalue weighted by Crippen LogP contribution is -2.35. The van der Waals surface area contributed by atoms with Crippen LogP contribution in [0.15, 0.2) is 65.1 Å². The molecule has 0 aliphatic carbocycles. The van der Waals surface area contributed by atoms with Gasteiger partial charge in [-0.3, -0.25) is 4.79 Å². The second-order valence-corrected chi connectivity index (χ2v) is 7.74. The molecule has 4 rings (SSSR count). The fourth-order valence-electron chi connectivity index (χ4n) is 3.62. The quantitative estimate of drug-likeness (QED) is 0.534. The molecule has 1 amide bonds. The summed E-state index contributed by atoms with van der Waals surface area (Å²) in [5.41, 5.74) is 4.17. The van der Waals surface area contributed by atoms with Crippen LogP contribution in [0.3, 0.4) is 0 Å². The molecule has 2 heterocycles. The van der Waals surface area contributed by atoms with Gasteiger partial charge in [-0.05, 0) is 55.4 Å². The van der Waals surface area contributed by atoms with Crippen LogP contribution in [0, 0.1) is 0 Å². The Morgan fingerprint density at radius 3 is 2.37 bits per heavy atom. The molecule has 3 aromatic rings. The van der Waals surface area contributed by atoms with E-state index in [9.17, 15) is 4.79 Å². The van der Waals surface area contributed by atoms with Gasteiger partial charge in [-0.15, -0.1) is 12.4 Å². The van der Waals surface area contributed by atoms with Crippen molar-refractivity contribution in [2.75, 3.05) is 20.6 Å². The topological polar surface area (TPSA) is 36.7 Å². The van der Waals surface area contributed by atoms with Crippen LogP contribution in [-0.2, 0) is 19.5 Å². The molecule has 0 saturated heterocycles. The summed E-state index contributed by atoms with van der Waals surface area (Å²) >= 11 is 0. The number of furan rings is 1. The molecule has 30 heavy (non-hydrogen) atoms. The monoisotopic (exact) mass is 422 g/mol. The van der Waals surface area contributed by atoms with E-state index < -0.39 is 0 Å². The number of nitrogens with zero attached hydrogens (tertiary/aromatic N) is 2. The number of benzene rings is 2. The molecule has 0 spiro atoms. The van der Waals surface area contributed by atoms with E-state index in [0.717, 1.165) is 42.2 Å². The van der Waals surface area contributed by atoms with E-state index >= 15 is 0 Å². The van der Waals surface area contributed by atoms with Gasteiger partial charge < -0.3 is 14.2 Å². The summed E-state index contributed by atoms with van der Waals surface area (Å²) in [7, 11) is 4.05. The molecule has 2 aromatic carbocycles. The van der Waals surface area contributed by atoms with Crippen LogP contribution >= 0.6 is 12.4 Å².